The summed E-state index contributed by atoms with van der Waals surface area (Å²) in [6.07, 6.45) is 0.913. The molecule has 0 fully saturated rings. The van der Waals surface area contributed by atoms with Gasteiger partial charge in [-0.25, -0.2) is 5.43 Å². The van der Waals surface area contributed by atoms with Crippen LogP contribution in [-0.4, -0.2) is 12.7 Å². The highest BCUT2D eigenvalue weighted by Gasteiger charge is 2.33. The lowest BCUT2D eigenvalue weighted by Crippen LogP contribution is -2.45. The molecular weight excluding hydrogens is 196 g/mol. The van der Waals surface area contributed by atoms with Gasteiger partial charge in [0.2, 0.25) is 0 Å². The molecule has 0 radical (unpaired) electrons. The number of hydrogen-bond donors (Lipinski definition) is 2. The molecule has 2 unspecified atom stereocenters. The average molecular weight is 214 g/mol. The maximum absolute atomic E-state index is 5.58. The fraction of sp³-hybridized carbons (Fsp3) is 0.600. The topological polar surface area (TPSA) is 47.3 Å². The summed E-state index contributed by atoms with van der Waals surface area (Å²) in [7, 11) is 1.72. The first-order valence-corrected chi connectivity index (χ1v) is 5.60. The summed E-state index contributed by atoms with van der Waals surface area (Å²) in [4.78, 5) is 1.21. The van der Waals surface area contributed by atoms with Crippen molar-refractivity contribution < 1.29 is 4.74 Å². The molecule has 0 saturated heterocycles. The second kappa shape index (κ2) is 4.89. The summed E-state index contributed by atoms with van der Waals surface area (Å²) in [5, 5.41) is 2.05. The van der Waals surface area contributed by atoms with Crippen LogP contribution in [0, 0.1) is 0 Å². The number of nitrogens with one attached hydrogen (secondary N) is 1. The smallest absolute Gasteiger partial charge is 0.0862 e. The summed E-state index contributed by atoms with van der Waals surface area (Å²) < 4.78 is 5.53. The number of methoxy groups -OCH3 is 1. The first kappa shape index (κ1) is 11.7. The van der Waals surface area contributed by atoms with Crippen molar-refractivity contribution in [2.45, 2.75) is 31.9 Å². The Bertz CT molecular complexity index is 257. The van der Waals surface area contributed by atoms with E-state index in [-0.39, 0.29) is 11.6 Å². The first-order valence-electron chi connectivity index (χ1n) is 4.72. The zero-order chi connectivity index (χ0) is 10.6. The van der Waals surface area contributed by atoms with E-state index in [0.29, 0.717) is 0 Å². The predicted molar refractivity (Wildman–Crippen MR) is 60.1 cm³/mol. The quantitative estimate of drug-likeness (QED) is 0.582. The Morgan fingerprint density at radius 2 is 2.43 bits per heavy atom. The highest BCUT2D eigenvalue weighted by atomic mass is 32.1. The Labute approximate surface area is 89.2 Å². The zero-order valence-corrected chi connectivity index (χ0v) is 9.73. The highest BCUT2D eigenvalue weighted by molar-refractivity contribution is 7.10. The van der Waals surface area contributed by atoms with Crippen LogP contribution in [0.1, 0.15) is 31.2 Å². The number of ether oxygens (including phenoxy) is 1. The zero-order valence-electron chi connectivity index (χ0n) is 8.91. The van der Waals surface area contributed by atoms with Crippen molar-refractivity contribution in [3.8, 4) is 0 Å². The molecule has 3 N–H and O–H groups in total. The van der Waals surface area contributed by atoms with Crippen LogP contribution in [0.25, 0.3) is 0 Å². The van der Waals surface area contributed by atoms with E-state index < -0.39 is 0 Å². The van der Waals surface area contributed by atoms with E-state index in [1.165, 1.54) is 4.88 Å². The summed E-state index contributed by atoms with van der Waals surface area (Å²) in [6, 6.07) is 4.15. The van der Waals surface area contributed by atoms with Gasteiger partial charge in [0.1, 0.15) is 0 Å². The van der Waals surface area contributed by atoms with Crippen LogP contribution < -0.4 is 11.3 Å². The van der Waals surface area contributed by atoms with Crippen molar-refractivity contribution in [1.82, 2.24) is 5.43 Å². The van der Waals surface area contributed by atoms with Gasteiger partial charge >= 0.3 is 0 Å². The third-order valence-electron chi connectivity index (χ3n) is 2.77. The van der Waals surface area contributed by atoms with Crippen molar-refractivity contribution in [2.75, 3.05) is 7.11 Å². The lowest BCUT2D eigenvalue weighted by atomic mass is 9.92. The van der Waals surface area contributed by atoms with Gasteiger partial charge < -0.3 is 4.74 Å². The molecule has 1 heterocycles. The van der Waals surface area contributed by atoms with Crippen molar-refractivity contribution in [3.63, 3.8) is 0 Å². The van der Waals surface area contributed by atoms with E-state index in [4.69, 9.17) is 10.6 Å². The van der Waals surface area contributed by atoms with E-state index in [2.05, 4.69) is 25.3 Å². The van der Waals surface area contributed by atoms with Crippen molar-refractivity contribution >= 4 is 11.3 Å². The van der Waals surface area contributed by atoms with E-state index in [1.807, 2.05) is 11.4 Å². The summed E-state index contributed by atoms with van der Waals surface area (Å²) in [5.74, 6) is 5.58. The van der Waals surface area contributed by atoms with Crippen molar-refractivity contribution in [1.29, 1.82) is 0 Å². The number of nitrogens with two attached hydrogens (primary N) is 1. The minimum atomic E-state index is -0.250. The molecule has 0 aromatic carbocycles. The van der Waals surface area contributed by atoms with Gasteiger partial charge in [0, 0.05) is 12.0 Å². The monoisotopic (exact) mass is 214 g/mol. The lowest BCUT2D eigenvalue weighted by molar-refractivity contribution is -0.0290. The molecule has 0 aliphatic heterocycles. The normalized spacial score (nSPS) is 17.7. The van der Waals surface area contributed by atoms with E-state index >= 15 is 0 Å². The Hall–Kier alpha value is -0.420. The third kappa shape index (κ3) is 2.15. The molecule has 0 amide bonds. The maximum atomic E-state index is 5.58. The summed E-state index contributed by atoms with van der Waals surface area (Å²) >= 11 is 1.69. The molecule has 3 nitrogen and oxygen atoms in total. The number of rotatable bonds is 5. The molecule has 0 saturated carbocycles. The highest BCUT2D eigenvalue weighted by Crippen LogP contribution is 2.33. The van der Waals surface area contributed by atoms with Gasteiger partial charge in [-0.05, 0) is 24.8 Å². The largest absolute Gasteiger partial charge is 0.376 e. The predicted octanol–water partition coefficient (Wildman–Crippen LogP) is 2.07. The van der Waals surface area contributed by atoms with Gasteiger partial charge in [-0.1, -0.05) is 13.0 Å². The second-order valence-corrected chi connectivity index (χ2v) is 4.46. The standard InChI is InChI=1S/C10H18N2OS/c1-4-10(2,13-3)9(12-11)8-6-5-7-14-8/h5-7,9,12H,4,11H2,1-3H3. The van der Waals surface area contributed by atoms with E-state index in [9.17, 15) is 0 Å². The molecule has 80 valence electrons. The molecule has 14 heavy (non-hydrogen) atoms. The minimum absolute atomic E-state index is 0.0532. The van der Waals surface area contributed by atoms with Crippen LogP contribution in [0.15, 0.2) is 17.5 Å². The van der Waals surface area contributed by atoms with Gasteiger partial charge in [-0.3, -0.25) is 5.84 Å². The van der Waals surface area contributed by atoms with Crippen LogP contribution in [0.5, 0.6) is 0 Å². The van der Waals surface area contributed by atoms with Gasteiger partial charge in [0.05, 0.1) is 11.6 Å². The summed E-state index contributed by atoms with van der Waals surface area (Å²) in [5.41, 5.74) is 2.58. The Kier molecular flexibility index (Phi) is 4.07. The fourth-order valence-corrected chi connectivity index (χ4v) is 2.41. The van der Waals surface area contributed by atoms with Gasteiger partial charge in [0.25, 0.3) is 0 Å². The molecule has 0 spiro atoms. The molecule has 0 aliphatic rings. The van der Waals surface area contributed by atoms with E-state index in [1.54, 1.807) is 18.4 Å². The molecule has 0 aliphatic carbocycles. The third-order valence-corrected chi connectivity index (χ3v) is 3.71. The van der Waals surface area contributed by atoms with Crippen LogP contribution in [-0.2, 0) is 4.74 Å². The summed E-state index contributed by atoms with van der Waals surface area (Å²) in [6.45, 7) is 4.17. The maximum Gasteiger partial charge on any atom is 0.0862 e. The van der Waals surface area contributed by atoms with Gasteiger partial charge in [-0.15, -0.1) is 11.3 Å². The number of hydrogen-bond acceptors (Lipinski definition) is 4. The average Bonchev–Trinajstić information content (AvgIpc) is 2.72. The molecule has 4 heteroatoms. The molecular formula is C10H18N2OS. The van der Waals surface area contributed by atoms with Crippen LogP contribution in [0.3, 0.4) is 0 Å². The molecule has 1 rings (SSSR count). The Balaban J connectivity index is 2.91. The first-order chi connectivity index (χ1) is 6.68. The lowest BCUT2D eigenvalue weighted by Gasteiger charge is -2.34. The Morgan fingerprint density at radius 3 is 2.79 bits per heavy atom. The SMILES string of the molecule is CCC(C)(OC)C(NN)c1cccs1. The van der Waals surface area contributed by atoms with Crippen LogP contribution in [0.4, 0.5) is 0 Å². The molecule has 2 atom stereocenters. The van der Waals surface area contributed by atoms with Crippen molar-refractivity contribution in [2.24, 2.45) is 5.84 Å². The van der Waals surface area contributed by atoms with Crippen LogP contribution >= 0.6 is 11.3 Å². The second-order valence-electron chi connectivity index (χ2n) is 3.49. The molecule has 1 aromatic heterocycles. The van der Waals surface area contributed by atoms with Crippen molar-refractivity contribution in [3.05, 3.63) is 22.4 Å². The fourth-order valence-electron chi connectivity index (χ4n) is 1.48. The van der Waals surface area contributed by atoms with Crippen LogP contribution in [0.2, 0.25) is 0 Å². The van der Waals surface area contributed by atoms with Gasteiger partial charge in [0.15, 0.2) is 0 Å². The number of hydrazine groups is 1. The molecule has 1 aromatic rings. The minimum Gasteiger partial charge on any atom is -0.376 e. The Morgan fingerprint density at radius 1 is 1.71 bits per heavy atom. The van der Waals surface area contributed by atoms with Gasteiger partial charge in [-0.2, -0.15) is 0 Å². The van der Waals surface area contributed by atoms with E-state index in [0.717, 1.165) is 6.42 Å². The number of thiophene rings is 1. The molecule has 0 bridgehead atoms.